The van der Waals surface area contributed by atoms with Gasteiger partial charge in [-0.15, -0.1) is 11.3 Å². The molecule has 2 amide bonds. The van der Waals surface area contributed by atoms with Crippen molar-refractivity contribution in [1.29, 1.82) is 0 Å². The maximum Gasteiger partial charge on any atom is 0.265 e. The van der Waals surface area contributed by atoms with Gasteiger partial charge in [0.25, 0.3) is 5.91 Å². The summed E-state index contributed by atoms with van der Waals surface area (Å²) in [5, 5.41) is 5.42. The summed E-state index contributed by atoms with van der Waals surface area (Å²) in [5.74, 6) is -0.181. The zero-order chi connectivity index (χ0) is 22.2. The molecular formula is C22H18Cl2N4O2S2. The van der Waals surface area contributed by atoms with Crippen molar-refractivity contribution in [2.45, 2.75) is 0 Å². The van der Waals surface area contributed by atoms with Gasteiger partial charge in [-0.05, 0) is 24.3 Å². The number of hydrogen-bond acceptors (Lipinski definition) is 6. The number of thiazole rings is 1. The van der Waals surface area contributed by atoms with Crippen LogP contribution in [-0.4, -0.2) is 59.3 Å². The molecule has 4 aromatic rings. The number of carbonyl (C=O) groups is 2. The van der Waals surface area contributed by atoms with Gasteiger partial charge in [0.05, 0.1) is 21.8 Å². The van der Waals surface area contributed by atoms with Crippen molar-refractivity contribution in [3.05, 3.63) is 57.4 Å². The molecule has 2 aromatic carbocycles. The van der Waals surface area contributed by atoms with Crippen LogP contribution in [0.25, 0.3) is 20.3 Å². The molecular weight excluding hydrogens is 487 g/mol. The average molecular weight is 505 g/mol. The predicted octanol–water partition coefficient (Wildman–Crippen LogP) is 5.21. The third-order valence-electron chi connectivity index (χ3n) is 5.35. The number of nitrogens with one attached hydrogen (secondary N) is 1. The highest BCUT2D eigenvalue weighted by Crippen LogP contribution is 2.37. The molecule has 1 aliphatic heterocycles. The zero-order valence-corrected chi connectivity index (χ0v) is 20.0. The van der Waals surface area contributed by atoms with Crippen molar-refractivity contribution >= 4 is 83.1 Å². The minimum Gasteiger partial charge on any atom is -0.335 e. The molecule has 0 spiro atoms. The second-order valence-corrected chi connectivity index (χ2v) is 10.4. The van der Waals surface area contributed by atoms with Gasteiger partial charge in [-0.1, -0.05) is 52.7 Å². The normalized spacial score (nSPS) is 14.9. The van der Waals surface area contributed by atoms with Crippen LogP contribution in [0.1, 0.15) is 9.67 Å². The summed E-state index contributed by atoms with van der Waals surface area (Å²) in [7, 11) is 0. The van der Waals surface area contributed by atoms with Gasteiger partial charge in [0, 0.05) is 41.3 Å². The lowest BCUT2D eigenvalue weighted by molar-refractivity contribution is -0.117. The smallest absolute Gasteiger partial charge is 0.265 e. The number of halogens is 2. The lowest BCUT2D eigenvalue weighted by Crippen LogP contribution is -2.50. The quantitative estimate of drug-likeness (QED) is 0.414. The number of para-hydroxylation sites is 1. The van der Waals surface area contributed by atoms with Gasteiger partial charge in [0.2, 0.25) is 5.91 Å². The van der Waals surface area contributed by atoms with Crippen LogP contribution in [0.4, 0.5) is 5.13 Å². The maximum absolute atomic E-state index is 13.0. The third-order valence-corrected chi connectivity index (χ3v) is 8.18. The van der Waals surface area contributed by atoms with Crippen molar-refractivity contribution in [1.82, 2.24) is 14.8 Å². The molecule has 0 atom stereocenters. The van der Waals surface area contributed by atoms with Crippen LogP contribution >= 0.6 is 45.9 Å². The van der Waals surface area contributed by atoms with E-state index in [0.29, 0.717) is 46.2 Å². The number of piperazine rings is 1. The SMILES string of the molecule is O=C(CN1CCN(C(=O)c2sc3cc(Cl)ccc3c2Cl)CC1)Nc1nc2ccccc2s1. The number of anilines is 1. The van der Waals surface area contributed by atoms with Crippen molar-refractivity contribution in [2.24, 2.45) is 0 Å². The lowest BCUT2D eigenvalue weighted by atomic mass is 10.2. The number of aromatic nitrogens is 1. The Kier molecular flexibility index (Phi) is 6.05. The van der Waals surface area contributed by atoms with Crippen LogP contribution in [-0.2, 0) is 4.79 Å². The number of amides is 2. The van der Waals surface area contributed by atoms with E-state index in [1.807, 2.05) is 41.3 Å². The standard InChI is InChI=1S/C22H18Cl2N4O2S2/c23-13-5-6-14-17(11-13)31-20(19(14)24)21(30)28-9-7-27(8-10-28)12-18(29)26-22-25-15-3-1-2-4-16(15)32-22/h1-6,11H,7-10,12H2,(H,25,26,29). The van der Waals surface area contributed by atoms with E-state index in [9.17, 15) is 9.59 Å². The van der Waals surface area contributed by atoms with E-state index in [0.717, 1.165) is 20.3 Å². The van der Waals surface area contributed by atoms with Crippen molar-refractivity contribution in [3.8, 4) is 0 Å². The second-order valence-electron chi connectivity index (χ2n) is 7.49. The number of fused-ring (bicyclic) bond motifs is 2. The van der Waals surface area contributed by atoms with Crippen LogP contribution in [0.3, 0.4) is 0 Å². The second kappa shape index (κ2) is 8.96. The van der Waals surface area contributed by atoms with E-state index in [4.69, 9.17) is 23.2 Å². The Hall–Kier alpha value is -2.23. The molecule has 1 fully saturated rings. The molecule has 164 valence electrons. The molecule has 6 nitrogen and oxygen atoms in total. The molecule has 5 rings (SSSR count). The van der Waals surface area contributed by atoms with Crippen molar-refractivity contribution < 1.29 is 9.59 Å². The summed E-state index contributed by atoms with van der Waals surface area (Å²) in [5.41, 5.74) is 0.877. The molecule has 0 radical (unpaired) electrons. The molecule has 0 unspecified atom stereocenters. The van der Waals surface area contributed by atoms with Crippen LogP contribution in [0.15, 0.2) is 42.5 Å². The van der Waals surface area contributed by atoms with E-state index in [1.54, 1.807) is 11.0 Å². The summed E-state index contributed by atoms with van der Waals surface area (Å²) in [4.78, 5) is 34.3. The fourth-order valence-corrected chi connectivity index (χ4v) is 6.35. The van der Waals surface area contributed by atoms with Crippen LogP contribution < -0.4 is 5.32 Å². The molecule has 10 heteroatoms. The minimum atomic E-state index is -0.103. The fraction of sp³-hybridized carbons (Fsp3) is 0.227. The van der Waals surface area contributed by atoms with E-state index in [-0.39, 0.29) is 18.4 Å². The highest BCUT2D eigenvalue weighted by atomic mass is 35.5. The third kappa shape index (κ3) is 4.33. The first kappa shape index (κ1) is 21.6. The molecule has 32 heavy (non-hydrogen) atoms. The Labute approximate surface area is 202 Å². The Balaban J connectivity index is 1.18. The predicted molar refractivity (Wildman–Crippen MR) is 132 cm³/mol. The lowest BCUT2D eigenvalue weighted by Gasteiger charge is -2.34. The molecule has 1 saturated heterocycles. The average Bonchev–Trinajstić information content (AvgIpc) is 3.33. The Morgan fingerprint density at radius 3 is 2.56 bits per heavy atom. The first-order valence-electron chi connectivity index (χ1n) is 10.0. The number of hydrogen-bond donors (Lipinski definition) is 1. The number of carbonyl (C=O) groups excluding carboxylic acids is 2. The number of rotatable bonds is 4. The maximum atomic E-state index is 13.0. The molecule has 2 aromatic heterocycles. The van der Waals surface area contributed by atoms with Gasteiger partial charge in [-0.3, -0.25) is 14.5 Å². The monoisotopic (exact) mass is 504 g/mol. The Bertz CT molecular complexity index is 1300. The van der Waals surface area contributed by atoms with Crippen LogP contribution in [0.2, 0.25) is 10.0 Å². The van der Waals surface area contributed by atoms with Crippen LogP contribution in [0.5, 0.6) is 0 Å². The molecule has 1 aliphatic rings. The zero-order valence-electron chi connectivity index (χ0n) is 16.8. The minimum absolute atomic E-state index is 0.0779. The first-order valence-corrected chi connectivity index (χ1v) is 12.4. The summed E-state index contributed by atoms with van der Waals surface area (Å²) in [6.45, 7) is 2.58. The molecule has 0 saturated carbocycles. The number of benzene rings is 2. The van der Waals surface area contributed by atoms with E-state index >= 15 is 0 Å². The highest BCUT2D eigenvalue weighted by molar-refractivity contribution is 7.22. The molecule has 1 N–H and O–H groups in total. The van der Waals surface area contributed by atoms with Gasteiger partial charge >= 0.3 is 0 Å². The fourth-order valence-electron chi connectivity index (χ4n) is 3.72. The van der Waals surface area contributed by atoms with E-state index < -0.39 is 0 Å². The van der Waals surface area contributed by atoms with Crippen molar-refractivity contribution in [2.75, 3.05) is 38.0 Å². The first-order chi connectivity index (χ1) is 15.5. The summed E-state index contributed by atoms with van der Waals surface area (Å²) >= 11 is 15.4. The van der Waals surface area contributed by atoms with E-state index in [2.05, 4.69) is 10.3 Å². The van der Waals surface area contributed by atoms with Crippen LogP contribution in [0, 0.1) is 0 Å². The largest absolute Gasteiger partial charge is 0.335 e. The number of thiophene rings is 1. The van der Waals surface area contributed by atoms with Gasteiger partial charge < -0.3 is 10.2 Å². The molecule has 0 aliphatic carbocycles. The van der Waals surface area contributed by atoms with Gasteiger partial charge in [-0.2, -0.15) is 0 Å². The Morgan fingerprint density at radius 2 is 1.78 bits per heavy atom. The van der Waals surface area contributed by atoms with Gasteiger partial charge in [0.1, 0.15) is 4.88 Å². The topological polar surface area (TPSA) is 65.5 Å². The molecule has 0 bridgehead atoms. The summed E-state index contributed by atoms with van der Waals surface area (Å²) in [6.07, 6.45) is 0. The summed E-state index contributed by atoms with van der Waals surface area (Å²) < 4.78 is 1.94. The van der Waals surface area contributed by atoms with E-state index in [1.165, 1.54) is 22.7 Å². The van der Waals surface area contributed by atoms with Gasteiger partial charge in [-0.25, -0.2) is 4.98 Å². The van der Waals surface area contributed by atoms with Gasteiger partial charge in [0.15, 0.2) is 5.13 Å². The Morgan fingerprint density at radius 1 is 1.00 bits per heavy atom. The van der Waals surface area contributed by atoms with Crippen molar-refractivity contribution in [3.63, 3.8) is 0 Å². The highest BCUT2D eigenvalue weighted by Gasteiger charge is 2.27. The number of nitrogens with zero attached hydrogens (tertiary/aromatic N) is 3. The summed E-state index contributed by atoms with van der Waals surface area (Å²) in [6, 6.07) is 13.2. The molecule has 3 heterocycles.